The van der Waals surface area contributed by atoms with Crippen molar-refractivity contribution in [3.8, 4) is 0 Å². The van der Waals surface area contributed by atoms with Crippen LogP contribution < -0.4 is 5.32 Å². The number of carbonyl (C=O) groups is 1. The van der Waals surface area contributed by atoms with E-state index in [9.17, 15) is 4.79 Å². The second-order valence-electron chi connectivity index (χ2n) is 6.65. The van der Waals surface area contributed by atoms with E-state index in [0.717, 1.165) is 45.6 Å². The van der Waals surface area contributed by atoms with Crippen LogP contribution in [0.4, 0.5) is 0 Å². The molecule has 1 rings (SSSR count). The monoisotopic (exact) mass is 296 g/mol. The van der Waals surface area contributed by atoms with Crippen LogP contribution in [0.15, 0.2) is 12.2 Å². The van der Waals surface area contributed by atoms with E-state index in [1.54, 1.807) is 0 Å². The fourth-order valence-electron chi connectivity index (χ4n) is 2.75. The van der Waals surface area contributed by atoms with Gasteiger partial charge in [0.15, 0.2) is 0 Å². The van der Waals surface area contributed by atoms with Crippen molar-refractivity contribution in [2.75, 3.05) is 32.7 Å². The van der Waals surface area contributed by atoms with Crippen LogP contribution in [0, 0.1) is 5.41 Å². The highest BCUT2D eigenvalue weighted by Gasteiger charge is 2.21. The van der Waals surface area contributed by atoms with E-state index in [1.165, 1.54) is 0 Å². The highest BCUT2D eigenvalue weighted by molar-refractivity contribution is 5.69. The summed E-state index contributed by atoms with van der Waals surface area (Å²) in [5, 5.41) is 3.31. The highest BCUT2D eigenvalue weighted by atomic mass is 16.5. The Bertz CT molecular complexity index is 334. The minimum Gasteiger partial charge on any atom is -0.463 e. The van der Waals surface area contributed by atoms with Crippen molar-refractivity contribution in [2.45, 2.75) is 53.1 Å². The number of carbonyl (C=O) groups excluding carboxylic acids is 1. The summed E-state index contributed by atoms with van der Waals surface area (Å²) >= 11 is 0. The topological polar surface area (TPSA) is 41.6 Å². The van der Waals surface area contributed by atoms with Crippen molar-refractivity contribution in [3.05, 3.63) is 12.2 Å². The third-order valence-electron chi connectivity index (χ3n) is 3.79. The van der Waals surface area contributed by atoms with Gasteiger partial charge < -0.3 is 15.0 Å². The van der Waals surface area contributed by atoms with Crippen LogP contribution in [0.3, 0.4) is 0 Å². The normalized spacial score (nSPS) is 18.9. The lowest BCUT2D eigenvalue weighted by molar-refractivity contribution is -0.149. The molecule has 122 valence electrons. The lowest BCUT2D eigenvalue weighted by Crippen LogP contribution is -2.44. The Morgan fingerprint density at radius 2 is 2.05 bits per heavy atom. The van der Waals surface area contributed by atoms with Crippen molar-refractivity contribution < 1.29 is 9.53 Å². The molecule has 1 atom stereocenters. The average Bonchev–Trinajstić information content (AvgIpc) is 2.43. The second kappa shape index (κ2) is 9.21. The zero-order valence-corrected chi connectivity index (χ0v) is 14.2. The molecule has 0 aromatic carbocycles. The number of esters is 1. The Labute approximate surface area is 129 Å². The Hall–Kier alpha value is -0.870. The number of ether oxygens (including phenoxy) is 1. The van der Waals surface area contributed by atoms with Crippen molar-refractivity contribution in [3.63, 3.8) is 0 Å². The van der Waals surface area contributed by atoms with Crippen LogP contribution in [-0.2, 0) is 9.53 Å². The van der Waals surface area contributed by atoms with Gasteiger partial charge >= 0.3 is 5.97 Å². The molecule has 0 amide bonds. The molecule has 1 aliphatic heterocycles. The molecule has 1 saturated heterocycles. The summed E-state index contributed by atoms with van der Waals surface area (Å²) < 4.78 is 5.54. The molecule has 1 aliphatic rings. The molecule has 0 radical (unpaired) electrons. The van der Waals surface area contributed by atoms with Gasteiger partial charge in [0, 0.05) is 32.7 Å². The molecule has 0 aromatic heterocycles. The molecule has 4 nitrogen and oxygen atoms in total. The van der Waals surface area contributed by atoms with Crippen LogP contribution in [-0.4, -0.2) is 49.7 Å². The second-order valence-corrected chi connectivity index (χ2v) is 6.65. The van der Waals surface area contributed by atoms with E-state index >= 15 is 0 Å². The summed E-state index contributed by atoms with van der Waals surface area (Å²) in [5.41, 5.74) is 0.0776. The Kier molecular flexibility index (Phi) is 7.97. The molecule has 0 aromatic rings. The van der Waals surface area contributed by atoms with E-state index in [0.29, 0.717) is 6.42 Å². The van der Waals surface area contributed by atoms with E-state index < -0.39 is 0 Å². The van der Waals surface area contributed by atoms with Crippen molar-refractivity contribution in [1.29, 1.82) is 0 Å². The van der Waals surface area contributed by atoms with Crippen molar-refractivity contribution in [1.82, 2.24) is 10.2 Å². The maximum Gasteiger partial charge on any atom is 0.307 e. The number of allylic oxidation sites excluding steroid dienone is 2. The smallest absolute Gasteiger partial charge is 0.307 e. The van der Waals surface area contributed by atoms with Gasteiger partial charge in [-0.1, -0.05) is 32.9 Å². The first-order chi connectivity index (χ1) is 9.93. The molecule has 0 bridgehead atoms. The Balaban J connectivity index is 2.24. The minimum absolute atomic E-state index is 0.0305. The molecule has 1 fully saturated rings. The van der Waals surface area contributed by atoms with Gasteiger partial charge in [0.2, 0.25) is 0 Å². The summed E-state index contributed by atoms with van der Waals surface area (Å²) in [6.07, 6.45) is 6.77. The van der Waals surface area contributed by atoms with Crippen LogP contribution >= 0.6 is 0 Å². The first-order valence-corrected chi connectivity index (χ1v) is 8.23. The van der Waals surface area contributed by atoms with Gasteiger partial charge in [-0.05, 0) is 25.2 Å². The zero-order valence-electron chi connectivity index (χ0n) is 14.2. The van der Waals surface area contributed by atoms with Crippen LogP contribution in [0.25, 0.3) is 0 Å². The maximum absolute atomic E-state index is 11.9. The summed E-state index contributed by atoms with van der Waals surface area (Å²) in [6, 6.07) is 0. The molecule has 1 N–H and O–H groups in total. The fraction of sp³-hybridized carbons (Fsp3) is 0.824. The van der Waals surface area contributed by atoms with Crippen LogP contribution in [0.2, 0.25) is 0 Å². The predicted molar refractivity (Wildman–Crippen MR) is 87.3 cm³/mol. The quantitative estimate of drug-likeness (QED) is 0.552. The Morgan fingerprint density at radius 3 is 2.67 bits per heavy atom. The maximum atomic E-state index is 11.9. The molecule has 1 heterocycles. The molecule has 0 aliphatic carbocycles. The third-order valence-corrected chi connectivity index (χ3v) is 3.79. The Morgan fingerprint density at radius 1 is 1.38 bits per heavy atom. The number of hydrogen-bond donors (Lipinski definition) is 1. The lowest BCUT2D eigenvalue weighted by atomic mass is 9.86. The molecule has 21 heavy (non-hydrogen) atoms. The number of nitrogens with zero attached hydrogens (tertiary/aromatic N) is 1. The largest absolute Gasteiger partial charge is 0.463 e. The van der Waals surface area contributed by atoms with Gasteiger partial charge in [0.25, 0.3) is 0 Å². The molecule has 4 heteroatoms. The van der Waals surface area contributed by atoms with E-state index in [-0.39, 0.29) is 17.5 Å². The number of hydrogen-bond acceptors (Lipinski definition) is 4. The summed E-state index contributed by atoms with van der Waals surface area (Å²) in [5.74, 6) is -0.0729. The van der Waals surface area contributed by atoms with Gasteiger partial charge in [-0.15, -0.1) is 0 Å². The summed E-state index contributed by atoms with van der Waals surface area (Å²) in [6.45, 7) is 13.4. The minimum atomic E-state index is -0.0729. The fourth-order valence-corrected chi connectivity index (χ4v) is 2.75. The van der Waals surface area contributed by atoms with E-state index in [2.05, 4.69) is 43.1 Å². The standard InChI is InChI=1S/C17H32N2O2/c1-5-6-8-17(3,4)14-15(2)21-16(20)7-11-19-12-9-18-10-13-19/h6,8,15,18H,5,7,9-14H2,1-4H3/b8-6+. The SMILES string of the molecule is CC/C=C/C(C)(C)CC(C)OC(=O)CCN1CCNCC1. The van der Waals surface area contributed by atoms with Crippen molar-refractivity contribution >= 4 is 5.97 Å². The van der Waals surface area contributed by atoms with E-state index in [4.69, 9.17) is 4.74 Å². The number of piperazine rings is 1. The van der Waals surface area contributed by atoms with Gasteiger partial charge in [0.05, 0.1) is 12.5 Å². The number of rotatable bonds is 8. The third kappa shape index (κ3) is 8.22. The molecule has 0 saturated carbocycles. The van der Waals surface area contributed by atoms with Gasteiger partial charge in [-0.3, -0.25) is 4.79 Å². The predicted octanol–water partition coefficient (Wildman–Crippen LogP) is 2.60. The average molecular weight is 296 g/mol. The molecule has 0 spiro atoms. The first-order valence-electron chi connectivity index (χ1n) is 8.23. The van der Waals surface area contributed by atoms with E-state index in [1.807, 2.05) is 6.92 Å². The van der Waals surface area contributed by atoms with Gasteiger partial charge in [0.1, 0.15) is 0 Å². The lowest BCUT2D eigenvalue weighted by Gasteiger charge is -2.27. The molecule has 1 unspecified atom stereocenters. The molecular weight excluding hydrogens is 264 g/mol. The summed E-state index contributed by atoms with van der Waals surface area (Å²) in [4.78, 5) is 14.2. The first kappa shape index (κ1) is 18.2. The van der Waals surface area contributed by atoms with Crippen LogP contribution in [0.1, 0.15) is 47.0 Å². The molecular formula is C17H32N2O2. The van der Waals surface area contributed by atoms with Gasteiger partial charge in [-0.25, -0.2) is 0 Å². The van der Waals surface area contributed by atoms with Gasteiger partial charge in [-0.2, -0.15) is 0 Å². The summed E-state index contributed by atoms with van der Waals surface area (Å²) in [7, 11) is 0. The highest BCUT2D eigenvalue weighted by Crippen LogP contribution is 2.25. The zero-order chi connectivity index (χ0) is 15.7. The van der Waals surface area contributed by atoms with Crippen molar-refractivity contribution in [2.24, 2.45) is 5.41 Å². The van der Waals surface area contributed by atoms with Crippen LogP contribution in [0.5, 0.6) is 0 Å². The number of nitrogens with one attached hydrogen (secondary N) is 1.